The smallest absolute Gasteiger partial charge is 0.405 e. The Kier molecular flexibility index (Phi) is 3.60. The highest BCUT2D eigenvalue weighted by atomic mass is 19.4. The second-order valence-electron chi connectivity index (χ2n) is 3.12. The molecule has 0 aromatic carbocycles. The molecule has 0 spiro atoms. The third-order valence-corrected chi connectivity index (χ3v) is 1.80. The van der Waals surface area contributed by atoms with Gasteiger partial charge in [0, 0.05) is 18.2 Å². The van der Waals surface area contributed by atoms with Crippen LogP contribution in [0.4, 0.5) is 32.2 Å². The van der Waals surface area contributed by atoms with Crippen molar-refractivity contribution in [1.82, 2.24) is 4.98 Å². The van der Waals surface area contributed by atoms with Gasteiger partial charge in [0.1, 0.15) is 11.6 Å². The zero-order valence-electron chi connectivity index (χ0n) is 8.56. The molecule has 1 aromatic rings. The summed E-state index contributed by atoms with van der Waals surface area (Å²) >= 11 is 0. The molecule has 0 saturated heterocycles. The largest absolute Gasteiger partial charge is 0.573 e. The van der Waals surface area contributed by atoms with Gasteiger partial charge >= 0.3 is 12.5 Å². The number of ether oxygens (including phenoxy) is 1. The second-order valence-corrected chi connectivity index (χ2v) is 3.12. The molecular formula is C8H7F6N3O. The Hall–Kier alpha value is -1.71. The van der Waals surface area contributed by atoms with Crippen LogP contribution in [0.3, 0.4) is 0 Å². The number of hydrogen-bond acceptors (Lipinski definition) is 4. The molecule has 0 amide bonds. The van der Waals surface area contributed by atoms with E-state index in [9.17, 15) is 26.3 Å². The van der Waals surface area contributed by atoms with Crippen molar-refractivity contribution in [2.45, 2.75) is 19.1 Å². The Labute approximate surface area is 96.5 Å². The lowest BCUT2D eigenvalue weighted by Crippen LogP contribution is -2.22. The summed E-state index contributed by atoms with van der Waals surface area (Å²) in [5.41, 5.74) is 7.49. The molecule has 0 fully saturated rings. The van der Waals surface area contributed by atoms with Gasteiger partial charge in [-0.05, 0) is 0 Å². The molecular weight excluding hydrogens is 268 g/mol. The van der Waals surface area contributed by atoms with Crippen LogP contribution in [0.25, 0.3) is 0 Å². The van der Waals surface area contributed by atoms with Crippen LogP contribution in [0.5, 0.6) is 5.75 Å². The second kappa shape index (κ2) is 4.52. The van der Waals surface area contributed by atoms with E-state index in [1.807, 2.05) is 0 Å². The van der Waals surface area contributed by atoms with Crippen LogP contribution in [0.2, 0.25) is 0 Å². The lowest BCUT2D eigenvalue weighted by atomic mass is 10.1. The van der Waals surface area contributed by atoms with Crippen LogP contribution in [-0.4, -0.2) is 11.3 Å². The minimum absolute atomic E-state index is 0.533. The number of halogens is 6. The van der Waals surface area contributed by atoms with Crippen LogP contribution in [0.1, 0.15) is 11.3 Å². The molecule has 4 nitrogen and oxygen atoms in total. The Balaban J connectivity index is 3.39. The molecule has 1 aromatic heterocycles. The summed E-state index contributed by atoms with van der Waals surface area (Å²) in [4.78, 5) is 2.93. The van der Waals surface area contributed by atoms with Gasteiger partial charge in [-0.1, -0.05) is 0 Å². The number of aromatic nitrogens is 1. The Bertz CT molecular complexity index is 442. The number of alkyl halides is 6. The van der Waals surface area contributed by atoms with Crippen LogP contribution in [0.15, 0.2) is 6.07 Å². The van der Waals surface area contributed by atoms with E-state index in [2.05, 4.69) is 9.72 Å². The predicted molar refractivity (Wildman–Crippen MR) is 48.2 cm³/mol. The number of hydrogen-bond donors (Lipinski definition) is 2. The molecule has 0 unspecified atom stereocenters. The number of anilines is 1. The Morgan fingerprint density at radius 3 is 2.11 bits per heavy atom. The summed E-state index contributed by atoms with van der Waals surface area (Å²) in [6.07, 6.45) is -10.1. The van der Waals surface area contributed by atoms with E-state index in [4.69, 9.17) is 11.5 Å². The fourth-order valence-corrected chi connectivity index (χ4v) is 1.21. The zero-order chi connectivity index (χ0) is 14.1. The van der Waals surface area contributed by atoms with E-state index in [-0.39, 0.29) is 0 Å². The number of pyridine rings is 1. The SMILES string of the molecule is NCc1c(OC(F)(F)F)cc(N)nc1C(F)(F)F. The molecule has 0 aliphatic rings. The standard InChI is InChI=1S/C8H7F6N3O/c9-7(10,11)6-3(2-15)4(1-5(16)17-6)18-8(12,13)14/h1H,2,15H2,(H2,16,17). The average Bonchev–Trinajstić information content (AvgIpc) is 2.12. The van der Waals surface area contributed by atoms with Crippen molar-refractivity contribution in [1.29, 1.82) is 0 Å². The first-order chi connectivity index (χ1) is 8.04. The summed E-state index contributed by atoms with van der Waals surface area (Å²) in [6.45, 7) is -0.826. The van der Waals surface area contributed by atoms with Gasteiger partial charge in [0.05, 0.1) is 0 Å². The van der Waals surface area contributed by atoms with Gasteiger partial charge in [0.25, 0.3) is 0 Å². The first kappa shape index (κ1) is 14.4. The number of rotatable bonds is 2. The summed E-state index contributed by atoms with van der Waals surface area (Å²) in [5, 5.41) is 0. The third-order valence-electron chi connectivity index (χ3n) is 1.80. The van der Waals surface area contributed by atoms with Crippen molar-refractivity contribution in [3.63, 3.8) is 0 Å². The monoisotopic (exact) mass is 275 g/mol. The summed E-state index contributed by atoms with van der Waals surface area (Å²) < 4.78 is 77.0. The van der Waals surface area contributed by atoms with Crippen LogP contribution >= 0.6 is 0 Å². The maximum Gasteiger partial charge on any atom is 0.573 e. The predicted octanol–water partition coefficient (Wildman–Crippen LogP) is 2.04. The highest BCUT2D eigenvalue weighted by Crippen LogP contribution is 2.37. The molecule has 10 heteroatoms. The fourth-order valence-electron chi connectivity index (χ4n) is 1.21. The van der Waals surface area contributed by atoms with E-state index in [0.717, 1.165) is 0 Å². The van der Waals surface area contributed by atoms with Gasteiger partial charge in [-0.3, -0.25) is 0 Å². The van der Waals surface area contributed by atoms with E-state index in [0.29, 0.717) is 6.07 Å². The van der Waals surface area contributed by atoms with Crippen LogP contribution < -0.4 is 16.2 Å². The van der Waals surface area contributed by atoms with Crippen molar-refractivity contribution in [3.05, 3.63) is 17.3 Å². The van der Waals surface area contributed by atoms with Crippen molar-refractivity contribution in [3.8, 4) is 5.75 Å². The van der Waals surface area contributed by atoms with Gasteiger partial charge in [-0.25, -0.2) is 4.98 Å². The molecule has 0 atom stereocenters. The molecule has 0 saturated carbocycles. The fraction of sp³-hybridized carbons (Fsp3) is 0.375. The molecule has 0 aliphatic heterocycles. The average molecular weight is 275 g/mol. The van der Waals surface area contributed by atoms with Gasteiger partial charge in [-0.15, -0.1) is 13.2 Å². The van der Waals surface area contributed by atoms with E-state index < -0.39 is 41.9 Å². The number of nitrogen functional groups attached to an aromatic ring is 1. The number of nitrogens with two attached hydrogens (primary N) is 2. The summed E-state index contributed by atoms with van der Waals surface area (Å²) in [6, 6.07) is 0.533. The molecule has 1 rings (SSSR count). The highest BCUT2D eigenvalue weighted by molar-refractivity contribution is 5.46. The summed E-state index contributed by atoms with van der Waals surface area (Å²) in [7, 11) is 0. The molecule has 1 heterocycles. The molecule has 102 valence electrons. The van der Waals surface area contributed by atoms with Gasteiger partial charge in [0.15, 0.2) is 5.69 Å². The first-order valence-corrected chi connectivity index (χ1v) is 4.37. The number of nitrogens with zero attached hydrogens (tertiary/aromatic N) is 1. The van der Waals surface area contributed by atoms with Crippen LogP contribution in [0, 0.1) is 0 Å². The lowest BCUT2D eigenvalue weighted by molar-refractivity contribution is -0.275. The zero-order valence-corrected chi connectivity index (χ0v) is 8.56. The molecule has 0 radical (unpaired) electrons. The van der Waals surface area contributed by atoms with Crippen molar-refractivity contribution in [2.24, 2.45) is 5.73 Å². The van der Waals surface area contributed by atoms with E-state index >= 15 is 0 Å². The molecule has 18 heavy (non-hydrogen) atoms. The van der Waals surface area contributed by atoms with Gasteiger partial charge in [-0.2, -0.15) is 13.2 Å². The Morgan fingerprint density at radius 2 is 1.72 bits per heavy atom. The quantitative estimate of drug-likeness (QED) is 0.810. The minimum atomic E-state index is -5.15. The highest BCUT2D eigenvalue weighted by Gasteiger charge is 2.39. The molecule has 0 bridgehead atoms. The van der Waals surface area contributed by atoms with Gasteiger partial charge < -0.3 is 16.2 Å². The lowest BCUT2D eigenvalue weighted by Gasteiger charge is -2.17. The third kappa shape index (κ3) is 3.39. The van der Waals surface area contributed by atoms with Crippen LogP contribution in [-0.2, 0) is 12.7 Å². The minimum Gasteiger partial charge on any atom is -0.405 e. The maximum atomic E-state index is 12.5. The first-order valence-electron chi connectivity index (χ1n) is 4.37. The van der Waals surface area contributed by atoms with Gasteiger partial charge in [0.2, 0.25) is 0 Å². The topological polar surface area (TPSA) is 74.2 Å². The normalized spacial score (nSPS) is 12.6. The Morgan fingerprint density at radius 1 is 1.17 bits per heavy atom. The van der Waals surface area contributed by atoms with E-state index in [1.54, 1.807) is 0 Å². The van der Waals surface area contributed by atoms with Crippen molar-refractivity contribution >= 4 is 5.82 Å². The molecule has 4 N–H and O–H groups in total. The summed E-state index contributed by atoms with van der Waals surface area (Å²) in [5.74, 6) is -1.86. The maximum absolute atomic E-state index is 12.5. The van der Waals surface area contributed by atoms with Crippen molar-refractivity contribution < 1.29 is 31.1 Å². The van der Waals surface area contributed by atoms with Crippen molar-refractivity contribution in [2.75, 3.05) is 5.73 Å². The molecule has 0 aliphatic carbocycles. The van der Waals surface area contributed by atoms with E-state index in [1.165, 1.54) is 0 Å².